The van der Waals surface area contributed by atoms with Crippen LogP contribution in [0, 0.1) is 23.6 Å². The van der Waals surface area contributed by atoms with Crippen molar-refractivity contribution in [3.63, 3.8) is 0 Å². The summed E-state index contributed by atoms with van der Waals surface area (Å²) < 4.78 is 19.6. The van der Waals surface area contributed by atoms with E-state index in [1.165, 1.54) is 18.9 Å². The van der Waals surface area contributed by atoms with Gasteiger partial charge in [0.05, 0.1) is 12.5 Å². The van der Waals surface area contributed by atoms with E-state index in [9.17, 15) is 9.18 Å². The van der Waals surface area contributed by atoms with Crippen molar-refractivity contribution in [2.24, 2.45) is 17.8 Å². The van der Waals surface area contributed by atoms with Crippen LogP contribution in [0.5, 0.6) is 5.75 Å². The van der Waals surface area contributed by atoms with Gasteiger partial charge in [0.25, 0.3) is 0 Å². The van der Waals surface area contributed by atoms with Crippen molar-refractivity contribution in [3.8, 4) is 5.75 Å². The number of carbonyl (C=O) groups is 1. The number of rotatable bonds is 3. The van der Waals surface area contributed by atoms with Crippen LogP contribution in [0.15, 0.2) is 18.2 Å². The van der Waals surface area contributed by atoms with Gasteiger partial charge in [-0.3, -0.25) is 9.69 Å². The molecule has 1 saturated carbocycles. The van der Waals surface area contributed by atoms with Gasteiger partial charge in [-0.25, -0.2) is 4.39 Å². The third-order valence-corrected chi connectivity index (χ3v) is 5.42. The molecule has 4 rings (SSSR count). The molecule has 0 radical (unpaired) electrons. The predicted octanol–water partition coefficient (Wildman–Crippen LogP) is 2.31. The lowest BCUT2D eigenvalue weighted by Gasteiger charge is -2.34. The molecule has 0 spiro atoms. The molecule has 3 aliphatic rings. The lowest BCUT2D eigenvalue weighted by Crippen LogP contribution is -2.37. The van der Waals surface area contributed by atoms with Crippen molar-refractivity contribution in [1.29, 1.82) is 0 Å². The zero-order chi connectivity index (χ0) is 16.1. The fourth-order valence-corrected chi connectivity index (χ4v) is 4.11. The summed E-state index contributed by atoms with van der Waals surface area (Å²) in [6, 6.07) is 4.86. The Morgan fingerprint density at radius 2 is 2.17 bits per heavy atom. The Morgan fingerprint density at radius 1 is 1.39 bits per heavy atom. The molecule has 0 unspecified atom stereocenters. The summed E-state index contributed by atoms with van der Waals surface area (Å²) in [6.07, 6.45) is 2.54. The number of likely N-dealkylation sites (tertiary alicyclic amines) is 1. The van der Waals surface area contributed by atoms with Crippen LogP contribution >= 0.6 is 0 Å². The molecule has 23 heavy (non-hydrogen) atoms. The highest BCUT2D eigenvalue weighted by atomic mass is 19.1. The number of hydrogen-bond donors (Lipinski definition) is 0. The number of hydrogen-bond acceptors (Lipinski definition) is 3. The fourth-order valence-electron chi connectivity index (χ4n) is 4.11. The Kier molecular flexibility index (Phi) is 3.56. The smallest absolute Gasteiger partial charge is 0.226 e. The van der Waals surface area contributed by atoms with Crippen molar-refractivity contribution < 1.29 is 13.9 Å². The molecule has 1 aliphatic carbocycles. The van der Waals surface area contributed by atoms with Gasteiger partial charge in [-0.1, -0.05) is 0 Å². The summed E-state index contributed by atoms with van der Waals surface area (Å²) in [4.78, 5) is 16.7. The quantitative estimate of drug-likeness (QED) is 0.857. The van der Waals surface area contributed by atoms with Gasteiger partial charge in [-0.15, -0.1) is 0 Å². The van der Waals surface area contributed by atoms with E-state index in [-0.39, 0.29) is 29.6 Å². The lowest BCUT2D eigenvalue weighted by atomic mass is 9.84. The number of ether oxygens (including phenoxy) is 1. The van der Waals surface area contributed by atoms with Gasteiger partial charge in [-0.05, 0) is 37.0 Å². The third-order valence-electron chi connectivity index (χ3n) is 5.42. The minimum atomic E-state index is -0.234. The van der Waals surface area contributed by atoms with Crippen LogP contribution in [-0.4, -0.2) is 49.5 Å². The third kappa shape index (κ3) is 2.61. The Hall–Kier alpha value is -1.62. The number of amides is 1. The number of fused-ring (bicyclic) bond motifs is 3. The van der Waals surface area contributed by atoms with Gasteiger partial charge in [0.2, 0.25) is 5.91 Å². The number of carbonyl (C=O) groups excluding carboxylic acids is 1. The molecular weight excluding hydrogens is 295 g/mol. The second-order valence-corrected chi connectivity index (χ2v) is 7.34. The summed E-state index contributed by atoms with van der Waals surface area (Å²) >= 11 is 0. The maximum absolute atomic E-state index is 13.8. The van der Waals surface area contributed by atoms with Crippen LogP contribution in [0.25, 0.3) is 0 Å². The minimum absolute atomic E-state index is 0.0647. The molecule has 1 aromatic rings. The van der Waals surface area contributed by atoms with Gasteiger partial charge in [-0.2, -0.15) is 0 Å². The first-order chi connectivity index (χ1) is 11.0. The van der Waals surface area contributed by atoms with Gasteiger partial charge in [0.15, 0.2) is 0 Å². The summed E-state index contributed by atoms with van der Waals surface area (Å²) in [7, 11) is 3.61. The molecule has 1 saturated heterocycles. The normalized spacial score (nSPS) is 29.6. The first-order valence-electron chi connectivity index (χ1n) is 8.42. The highest BCUT2D eigenvalue weighted by molar-refractivity contribution is 5.79. The molecule has 1 amide bonds. The van der Waals surface area contributed by atoms with E-state index in [1.807, 2.05) is 0 Å². The molecule has 3 atom stereocenters. The van der Waals surface area contributed by atoms with Gasteiger partial charge in [0.1, 0.15) is 11.6 Å². The summed E-state index contributed by atoms with van der Waals surface area (Å²) in [5, 5.41) is 0. The number of nitrogens with zero attached hydrogens (tertiary/aromatic N) is 2. The van der Waals surface area contributed by atoms with Crippen molar-refractivity contribution in [2.45, 2.75) is 18.9 Å². The maximum atomic E-state index is 13.8. The van der Waals surface area contributed by atoms with Gasteiger partial charge in [0, 0.05) is 44.7 Å². The zero-order valence-corrected chi connectivity index (χ0v) is 13.7. The molecule has 0 aromatic heterocycles. The average Bonchev–Trinajstić information content (AvgIpc) is 3.26. The minimum Gasteiger partial charge on any atom is -0.493 e. The maximum Gasteiger partial charge on any atom is 0.226 e. The van der Waals surface area contributed by atoms with Crippen molar-refractivity contribution >= 4 is 5.91 Å². The SMILES string of the molecule is CN(C)C(=O)[C@@H]1CN(CC2CC2)[C@H]2c3cc(F)ccc3OC[C@@H]12. The van der Waals surface area contributed by atoms with E-state index in [4.69, 9.17) is 4.74 Å². The van der Waals surface area contributed by atoms with Crippen LogP contribution in [0.4, 0.5) is 4.39 Å². The van der Waals surface area contributed by atoms with Crippen LogP contribution in [0.3, 0.4) is 0 Å². The monoisotopic (exact) mass is 318 g/mol. The van der Waals surface area contributed by atoms with Crippen molar-refractivity contribution in [2.75, 3.05) is 33.8 Å². The van der Waals surface area contributed by atoms with Gasteiger partial charge >= 0.3 is 0 Å². The molecule has 1 aromatic carbocycles. The van der Waals surface area contributed by atoms with E-state index in [1.54, 1.807) is 31.1 Å². The highest BCUT2D eigenvalue weighted by Crippen LogP contribution is 2.49. The Morgan fingerprint density at radius 3 is 2.87 bits per heavy atom. The highest BCUT2D eigenvalue weighted by Gasteiger charge is 2.50. The molecular formula is C18H23FN2O2. The second kappa shape index (κ2) is 5.48. The number of benzene rings is 1. The molecule has 5 heteroatoms. The van der Waals surface area contributed by atoms with Crippen LogP contribution in [0.2, 0.25) is 0 Å². The topological polar surface area (TPSA) is 32.8 Å². The first-order valence-corrected chi connectivity index (χ1v) is 8.42. The van der Waals surface area contributed by atoms with E-state index in [0.29, 0.717) is 6.61 Å². The molecule has 2 fully saturated rings. The fraction of sp³-hybridized carbons (Fsp3) is 0.611. The molecule has 4 nitrogen and oxygen atoms in total. The largest absolute Gasteiger partial charge is 0.493 e. The lowest BCUT2D eigenvalue weighted by molar-refractivity contribution is -0.134. The molecule has 0 N–H and O–H groups in total. The molecule has 2 aliphatic heterocycles. The first kappa shape index (κ1) is 14.9. The Labute approximate surface area is 136 Å². The zero-order valence-electron chi connectivity index (χ0n) is 13.7. The standard InChI is InChI=1S/C18H23FN2O2/c1-20(2)18(22)14-9-21(8-11-3-4-11)17-13-7-12(19)5-6-16(13)23-10-15(14)17/h5-7,11,14-15,17H,3-4,8-10H2,1-2H3/t14-,15+,17+/m1/s1. The van der Waals surface area contributed by atoms with E-state index in [0.717, 1.165) is 30.3 Å². The van der Waals surface area contributed by atoms with E-state index >= 15 is 0 Å². The molecule has 124 valence electrons. The van der Waals surface area contributed by atoms with Crippen LogP contribution in [-0.2, 0) is 4.79 Å². The van der Waals surface area contributed by atoms with E-state index < -0.39 is 0 Å². The second-order valence-electron chi connectivity index (χ2n) is 7.34. The Balaban J connectivity index is 1.70. The predicted molar refractivity (Wildman–Crippen MR) is 84.6 cm³/mol. The van der Waals surface area contributed by atoms with Crippen LogP contribution in [0.1, 0.15) is 24.4 Å². The summed E-state index contributed by atoms with van der Waals surface area (Å²) in [5.41, 5.74) is 0.913. The number of halogens is 1. The van der Waals surface area contributed by atoms with Crippen molar-refractivity contribution in [3.05, 3.63) is 29.6 Å². The van der Waals surface area contributed by atoms with Crippen LogP contribution < -0.4 is 4.74 Å². The van der Waals surface area contributed by atoms with Crippen molar-refractivity contribution in [1.82, 2.24) is 9.80 Å². The Bertz CT molecular complexity index is 629. The molecule has 2 heterocycles. The summed E-state index contributed by atoms with van der Waals surface area (Å²) in [6.45, 7) is 2.30. The average molecular weight is 318 g/mol. The molecule has 0 bridgehead atoms. The van der Waals surface area contributed by atoms with E-state index in [2.05, 4.69) is 4.90 Å². The summed E-state index contributed by atoms with van der Waals surface area (Å²) in [5.74, 6) is 1.47. The van der Waals surface area contributed by atoms with Gasteiger partial charge < -0.3 is 9.64 Å².